The van der Waals surface area contributed by atoms with Crippen LogP contribution >= 0.6 is 0 Å². The third kappa shape index (κ3) is 2.33. The van der Waals surface area contributed by atoms with E-state index >= 15 is 0 Å². The van der Waals surface area contributed by atoms with Gasteiger partial charge in [0.2, 0.25) is 0 Å². The maximum Gasteiger partial charge on any atom is 0.126 e. The largest absolute Gasteiger partial charge is 0.508 e. The molecule has 0 aliphatic rings. The van der Waals surface area contributed by atoms with Gasteiger partial charge in [0, 0.05) is 17.7 Å². The average Bonchev–Trinajstić information content (AvgIpc) is 1.99. The molecule has 1 aromatic rings. The molecule has 0 fully saturated rings. The minimum atomic E-state index is -0.420. The van der Waals surface area contributed by atoms with E-state index in [9.17, 15) is 10.2 Å². The van der Waals surface area contributed by atoms with E-state index in [1.807, 2.05) is 13.8 Å². The first-order valence-electron chi connectivity index (χ1n) is 4.84. The Morgan fingerprint density at radius 2 is 1.60 bits per heavy atom. The Bertz CT molecular complexity index is 338. The summed E-state index contributed by atoms with van der Waals surface area (Å²) in [5, 5.41) is 28.5. The summed E-state index contributed by atoms with van der Waals surface area (Å²) in [6.45, 7) is 4.23. The summed E-state index contributed by atoms with van der Waals surface area (Å²) in [5.41, 5.74) is 5.47. The molecule has 84 valence electrons. The van der Waals surface area contributed by atoms with Gasteiger partial charge in [-0.05, 0) is 18.4 Å². The molecule has 0 amide bonds. The van der Waals surface area contributed by atoms with Gasteiger partial charge in [-0.25, -0.2) is 0 Å². The number of phenols is 3. The number of aromatic hydroxyl groups is 3. The number of nitrogens with two attached hydrogens (primary N) is 1. The van der Waals surface area contributed by atoms with E-state index < -0.39 is 5.41 Å². The van der Waals surface area contributed by atoms with Crippen LogP contribution < -0.4 is 5.73 Å². The van der Waals surface area contributed by atoms with Crippen LogP contribution in [0.15, 0.2) is 12.1 Å². The molecule has 0 radical (unpaired) electrons. The normalized spacial score (nSPS) is 11.7. The highest BCUT2D eigenvalue weighted by atomic mass is 16.3. The van der Waals surface area contributed by atoms with E-state index in [4.69, 9.17) is 10.8 Å². The number of rotatable bonds is 3. The zero-order chi connectivity index (χ0) is 11.6. The maximum absolute atomic E-state index is 9.67. The molecule has 0 heterocycles. The van der Waals surface area contributed by atoms with Crippen molar-refractivity contribution < 1.29 is 15.3 Å². The molecule has 0 aromatic heterocycles. The lowest BCUT2D eigenvalue weighted by atomic mass is 9.80. The van der Waals surface area contributed by atoms with Gasteiger partial charge in [0.25, 0.3) is 0 Å². The Balaban J connectivity index is 3.24. The Kier molecular flexibility index (Phi) is 3.09. The fraction of sp³-hybridized carbons (Fsp3) is 0.455. The molecule has 0 aliphatic heterocycles. The second-order valence-corrected chi connectivity index (χ2v) is 4.28. The fourth-order valence-electron chi connectivity index (χ4n) is 1.78. The van der Waals surface area contributed by atoms with Gasteiger partial charge in [-0.2, -0.15) is 0 Å². The second-order valence-electron chi connectivity index (χ2n) is 4.28. The molecule has 15 heavy (non-hydrogen) atoms. The van der Waals surface area contributed by atoms with Crippen molar-refractivity contribution in [3.05, 3.63) is 17.7 Å². The van der Waals surface area contributed by atoms with Gasteiger partial charge in [0.1, 0.15) is 17.2 Å². The van der Waals surface area contributed by atoms with Crippen LogP contribution in [0.5, 0.6) is 17.2 Å². The quantitative estimate of drug-likeness (QED) is 0.609. The van der Waals surface area contributed by atoms with Crippen LogP contribution in [-0.2, 0) is 5.41 Å². The number of hydrogen-bond donors (Lipinski definition) is 4. The molecule has 0 spiro atoms. The minimum Gasteiger partial charge on any atom is -0.508 e. The van der Waals surface area contributed by atoms with Crippen LogP contribution in [0, 0.1) is 0 Å². The Labute approximate surface area is 89.0 Å². The lowest BCUT2D eigenvalue weighted by molar-refractivity contribution is 0.381. The Morgan fingerprint density at radius 3 is 2.00 bits per heavy atom. The van der Waals surface area contributed by atoms with Crippen LogP contribution in [0.4, 0.5) is 0 Å². The lowest BCUT2D eigenvalue weighted by Crippen LogP contribution is -2.21. The van der Waals surface area contributed by atoms with Crippen LogP contribution in [0.1, 0.15) is 25.8 Å². The van der Waals surface area contributed by atoms with Crippen molar-refractivity contribution in [2.24, 2.45) is 5.73 Å². The number of benzene rings is 1. The zero-order valence-electron chi connectivity index (χ0n) is 8.99. The van der Waals surface area contributed by atoms with Gasteiger partial charge >= 0.3 is 0 Å². The van der Waals surface area contributed by atoms with Crippen LogP contribution in [-0.4, -0.2) is 21.9 Å². The average molecular weight is 211 g/mol. The summed E-state index contributed by atoms with van der Waals surface area (Å²) >= 11 is 0. The first-order valence-corrected chi connectivity index (χ1v) is 4.84. The summed E-state index contributed by atoms with van der Waals surface area (Å²) in [4.78, 5) is 0. The van der Waals surface area contributed by atoms with Gasteiger partial charge in [-0.15, -0.1) is 0 Å². The molecule has 0 bridgehead atoms. The topological polar surface area (TPSA) is 86.7 Å². The van der Waals surface area contributed by atoms with Crippen molar-refractivity contribution in [3.63, 3.8) is 0 Å². The van der Waals surface area contributed by atoms with E-state index in [-0.39, 0.29) is 17.2 Å². The monoisotopic (exact) mass is 211 g/mol. The second kappa shape index (κ2) is 3.98. The molecule has 1 aromatic carbocycles. The Hall–Kier alpha value is -1.42. The van der Waals surface area contributed by atoms with Gasteiger partial charge < -0.3 is 21.1 Å². The van der Waals surface area contributed by atoms with Crippen molar-refractivity contribution in [3.8, 4) is 17.2 Å². The summed E-state index contributed by atoms with van der Waals surface area (Å²) in [7, 11) is 0. The van der Waals surface area contributed by atoms with E-state index in [0.29, 0.717) is 18.5 Å². The van der Waals surface area contributed by atoms with E-state index in [0.717, 1.165) is 0 Å². The highest BCUT2D eigenvalue weighted by molar-refractivity contribution is 5.52. The van der Waals surface area contributed by atoms with Gasteiger partial charge in [-0.1, -0.05) is 13.8 Å². The predicted molar refractivity (Wildman–Crippen MR) is 58.1 cm³/mol. The van der Waals surface area contributed by atoms with Gasteiger partial charge in [0.15, 0.2) is 0 Å². The molecule has 5 N–H and O–H groups in total. The first kappa shape index (κ1) is 11.7. The minimum absolute atomic E-state index is 0.106. The van der Waals surface area contributed by atoms with Crippen LogP contribution in [0.3, 0.4) is 0 Å². The highest BCUT2D eigenvalue weighted by Gasteiger charge is 2.27. The SMILES string of the molecule is CC(C)(CCN)c1c(O)cc(O)cc1O. The lowest BCUT2D eigenvalue weighted by Gasteiger charge is -2.26. The van der Waals surface area contributed by atoms with E-state index in [1.54, 1.807) is 0 Å². The van der Waals surface area contributed by atoms with Crippen molar-refractivity contribution in [2.75, 3.05) is 6.54 Å². The molecule has 1 rings (SSSR count). The molecule has 0 aliphatic carbocycles. The van der Waals surface area contributed by atoms with Crippen molar-refractivity contribution in [1.82, 2.24) is 0 Å². The van der Waals surface area contributed by atoms with Gasteiger partial charge in [0.05, 0.1) is 0 Å². The zero-order valence-corrected chi connectivity index (χ0v) is 8.99. The number of phenolic OH excluding ortho intramolecular Hbond substituents is 3. The van der Waals surface area contributed by atoms with Crippen molar-refractivity contribution in [2.45, 2.75) is 25.7 Å². The van der Waals surface area contributed by atoms with Crippen molar-refractivity contribution >= 4 is 0 Å². The molecule has 0 atom stereocenters. The molecule has 0 saturated carbocycles. The van der Waals surface area contributed by atoms with Crippen LogP contribution in [0.2, 0.25) is 0 Å². The molecule has 0 saturated heterocycles. The standard InChI is InChI=1S/C11H17NO3/c1-11(2,3-4-12)10-8(14)5-7(13)6-9(10)15/h5-6,13-15H,3-4,12H2,1-2H3. The van der Waals surface area contributed by atoms with Gasteiger partial charge in [-0.3, -0.25) is 0 Å². The smallest absolute Gasteiger partial charge is 0.126 e. The number of hydrogen-bond acceptors (Lipinski definition) is 4. The summed E-state index contributed by atoms with van der Waals surface area (Å²) in [6, 6.07) is 2.43. The molecular weight excluding hydrogens is 194 g/mol. The fourth-order valence-corrected chi connectivity index (χ4v) is 1.78. The summed E-state index contributed by atoms with van der Waals surface area (Å²) in [6.07, 6.45) is 0.638. The van der Waals surface area contributed by atoms with Crippen molar-refractivity contribution in [1.29, 1.82) is 0 Å². The molecule has 0 unspecified atom stereocenters. The molecular formula is C11H17NO3. The third-order valence-electron chi connectivity index (χ3n) is 2.53. The first-order chi connectivity index (χ1) is 6.88. The maximum atomic E-state index is 9.67. The third-order valence-corrected chi connectivity index (χ3v) is 2.53. The van der Waals surface area contributed by atoms with Crippen LogP contribution in [0.25, 0.3) is 0 Å². The summed E-state index contributed by atoms with van der Waals surface area (Å²) in [5.74, 6) is -0.366. The molecule has 4 heteroatoms. The van der Waals surface area contributed by atoms with E-state index in [2.05, 4.69) is 0 Å². The van der Waals surface area contributed by atoms with E-state index in [1.165, 1.54) is 12.1 Å². The Morgan fingerprint density at radius 1 is 1.13 bits per heavy atom. The highest BCUT2D eigenvalue weighted by Crippen LogP contribution is 2.41. The summed E-state index contributed by atoms with van der Waals surface area (Å²) < 4.78 is 0. The molecule has 4 nitrogen and oxygen atoms in total. The predicted octanol–water partition coefficient (Wildman–Crippen LogP) is 1.43.